The Bertz CT molecular complexity index is 790. The van der Waals surface area contributed by atoms with Crippen molar-refractivity contribution < 1.29 is 27.9 Å². The third-order valence-electron chi connectivity index (χ3n) is 4.19. The molecule has 3 rings (SSSR count). The van der Waals surface area contributed by atoms with Crippen LogP contribution >= 0.6 is 0 Å². The van der Waals surface area contributed by atoms with Crippen LogP contribution in [0.5, 0.6) is 0 Å². The number of aromatic nitrogens is 3. The maximum Gasteiger partial charge on any atom is 0.490 e. The summed E-state index contributed by atoms with van der Waals surface area (Å²) in [5.41, 5.74) is -0.0243. The highest BCUT2D eigenvalue weighted by Gasteiger charge is 2.39. The van der Waals surface area contributed by atoms with E-state index in [1.54, 1.807) is 10.9 Å². The van der Waals surface area contributed by atoms with Gasteiger partial charge >= 0.3 is 12.1 Å². The van der Waals surface area contributed by atoms with E-state index in [4.69, 9.17) is 16.3 Å². The minimum atomic E-state index is -5.08. The van der Waals surface area contributed by atoms with Crippen LogP contribution in [0.2, 0.25) is 0 Å². The van der Waals surface area contributed by atoms with E-state index in [0.29, 0.717) is 31.0 Å². The highest BCUT2D eigenvalue weighted by Crippen LogP contribution is 2.36. The molecule has 0 radical (unpaired) electrons. The zero-order valence-electron chi connectivity index (χ0n) is 15.3. The molecule has 1 saturated heterocycles. The van der Waals surface area contributed by atoms with Crippen LogP contribution in [0.25, 0.3) is 0 Å². The molecule has 158 valence electrons. The number of carbonyl (C=O) groups excluding carboxylic acids is 1. The topological polar surface area (TPSA) is 134 Å². The van der Waals surface area contributed by atoms with Crippen LogP contribution in [0, 0.1) is 18.3 Å². The highest BCUT2D eigenvalue weighted by molar-refractivity contribution is 5.91. The Hall–Kier alpha value is -3.01. The number of terminal acetylenes is 1. The maximum atomic E-state index is 12.0. The summed E-state index contributed by atoms with van der Waals surface area (Å²) in [7, 11) is 0. The molecule has 1 aromatic heterocycles. The predicted molar refractivity (Wildman–Crippen MR) is 92.7 cm³/mol. The molecule has 0 aliphatic carbocycles. The molecule has 29 heavy (non-hydrogen) atoms. The van der Waals surface area contributed by atoms with E-state index < -0.39 is 12.1 Å². The van der Waals surface area contributed by atoms with Crippen molar-refractivity contribution in [1.82, 2.24) is 25.6 Å². The molecule has 3 N–H and O–H groups in total. The summed E-state index contributed by atoms with van der Waals surface area (Å²) < 4.78 is 33.5. The first kappa shape index (κ1) is 22.3. The lowest BCUT2D eigenvalue weighted by Gasteiger charge is -2.26. The summed E-state index contributed by atoms with van der Waals surface area (Å²) >= 11 is 0. The largest absolute Gasteiger partial charge is 0.490 e. The Kier molecular flexibility index (Phi) is 7.27. The molecule has 1 amide bonds. The third-order valence-corrected chi connectivity index (χ3v) is 4.19. The number of aliphatic carboxylic acids is 1. The molecule has 0 saturated carbocycles. The molecule has 0 aromatic carbocycles. The molecule has 0 atom stereocenters. The standard InChI is InChI=1S/C14H19N7O.C2HF3O2/c1-2-3-4-14(18-19-14)5-6-16-13(22)12-10-21(20-17-12)9-11-7-15-8-11;3-2(4,5)1(6)7/h1,10-11,15H,3-9H2,(H,16,22);(H,6,7). The van der Waals surface area contributed by atoms with Gasteiger partial charge in [-0.3, -0.25) is 9.48 Å². The van der Waals surface area contributed by atoms with Crippen LogP contribution in [0.3, 0.4) is 0 Å². The predicted octanol–water partition coefficient (Wildman–Crippen LogP) is 0.826. The van der Waals surface area contributed by atoms with Crippen LogP contribution in [-0.2, 0) is 11.3 Å². The van der Waals surface area contributed by atoms with Gasteiger partial charge in [0.05, 0.1) is 6.20 Å². The van der Waals surface area contributed by atoms with Crippen LogP contribution in [-0.4, -0.2) is 63.5 Å². The smallest absolute Gasteiger partial charge is 0.475 e. The lowest BCUT2D eigenvalue weighted by atomic mass is 10.0. The SMILES string of the molecule is C#CCCC1(CCNC(=O)c2cn(CC3CNC3)nn2)N=N1.O=C(O)C(F)(F)F. The molecule has 0 spiro atoms. The van der Waals surface area contributed by atoms with E-state index >= 15 is 0 Å². The number of nitrogens with one attached hydrogen (secondary N) is 2. The molecule has 3 heterocycles. The van der Waals surface area contributed by atoms with Gasteiger partial charge in [0.15, 0.2) is 11.4 Å². The highest BCUT2D eigenvalue weighted by atomic mass is 19.4. The van der Waals surface area contributed by atoms with Crippen molar-refractivity contribution in [2.75, 3.05) is 19.6 Å². The van der Waals surface area contributed by atoms with Gasteiger partial charge in [0.25, 0.3) is 5.91 Å². The van der Waals surface area contributed by atoms with Gasteiger partial charge in [0.1, 0.15) is 0 Å². The number of carbonyl (C=O) groups is 2. The summed E-state index contributed by atoms with van der Waals surface area (Å²) in [6, 6.07) is 0. The first-order valence-electron chi connectivity index (χ1n) is 8.72. The normalized spacial score (nSPS) is 16.8. The van der Waals surface area contributed by atoms with E-state index in [-0.39, 0.29) is 11.6 Å². The Balaban J connectivity index is 0.000000370. The van der Waals surface area contributed by atoms with E-state index in [0.717, 1.165) is 26.1 Å². The van der Waals surface area contributed by atoms with Crippen molar-refractivity contribution in [1.29, 1.82) is 0 Å². The van der Waals surface area contributed by atoms with Gasteiger partial charge in [0, 0.05) is 51.4 Å². The van der Waals surface area contributed by atoms with Gasteiger partial charge in [-0.25, -0.2) is 4.79 Å². The second kappa shape index (κ2) is 9.46. The molecular formula is C16H20F3N7O3. The molecule has 2 aliphatic rings. The molecule has 13 heteroatoms. The summed E-state index contributed by atoms with van der Waals surface area (Å²) in [6.07, 6.45) is 3.90. The van der Waals surface area contributed by atoms with Crippen molar-refractivity contribution >= 4 is 11.9 Å². The van der Waals surface area contributed by atoms with E-state index in [1.807, 2.05) is 0 Å². The van der Waals surface area contributed by atoms with Gasteiger partial charge in [-0.1, -0.05) is 5.21 Å². The van der Waals surface area contributed by atoms with Crippen molar-refractivity contribution in [2.24, 2.45) is 16.1 Å². The van der Waals surface area contributed by atoms with Gasteiger partial charge in [-0.05, 0) is 0 Å². The second-order valence-corrected chi connectivity index (χ2v) is 6.55. The Morgan fingerprint density at radius 1 is 1.38 bits per heavy atom. The van der Waals surface area contributed by atoms with E-state index in [1.165, 1.54) is 0 Å². The van der Waals surface area contributed by atoms with Crippen molar-refractivity contribution in [2.45, 2.75) is 37.6 Å². The average Bonchev–Trinajstić information content (AvgIpc) is 3.22. The second-order valence-electron chi connectivity index (χ2n) is 6.55. The minimum absolute atomic E-state index is 0.217. The number of halogens is 3. The fourth-order valence-electron chi connectivity index (χ4n) is 2.37. The van der Waals surface area contributed by atoms with Gasteiger partial charge in [0.2, 0.25) is 0 Å². The van der Waals surface area contributed by atoms with E-state index in [9.17, 15) is 18.0 Å². The molecule has 10 nitrogen and oxygen atoms in total. The van der Waals surface area contributed by atoms with Crippen LogP contribution < -0.4 is 10.6 Å². The van der Waals surface area contributed by atoms with Gasteiger partial charge in [-0.2, -0.15) is 23.4 Å². The zero-order valence-corrected chi connectivity index (χ0v) is 15.3. The van der Waals surface area contributed by atoms with Crippen molar-refractivity contribution in [3.63, 3.8) is 0 Å². The summed E-state index contributed by atoms with van der Waals surface area (Å²) in [6.45, 7) is 3.28. The van der Waals surface area contributed by atoms with Crippen molar-refractivity contribution in [3.05, 3.63) is 11.9 Å². The van der Waals surface area contributed by atoms with Crippen LogP contribution in [0.15, 0.2) is 16.4 Å². The number of carboxylic acids is 1. The molecule has 1 aromatic rings. The molecular weight excluding hydrogens is 395 g/mol. The zero-order chi connectivity index (χ0) is 21.5. The summed E-state index contributed by atoms with van der Waals surface area (Å²) in [5, 5.41) is 29.1. The summed E-state index contributed by atoms with van der Waals surface area (Å²) in [5.74, 6) is 0.186. The third kappa shape index (κ3) is 7.15. The lowest BCUT2D eigenvalue weighted by Crippen LogP contribution is -2.44. The number of amides is 1. The maximum absolute atomic E-state index is 12.0. The number of nitrogens with zero attached hydrogens (tertiary/aromatic N) is 5. The summed E-state index contributed by atoms with van der Waals surface area (Å²) in [4.78, 5) is 20.9. The minimum Gasteiger partial charge on any atom is -0.475 e. The Labute approximate surface area is 163 Å². The van der Waals surface area contributed by atoms with Crippen LogP contribution in [0.4, 0.5) is 13.2 Å². The fraction of sp³-hybridized carbons (Fsp3) is 0.625. The average molecular weight is 415 g/mol. The Morgan fingerprint density at radius 2 is 2.03 bits per heavy atom. The molecule has 2 aliphatic heterocycles. The Morgan fingerprint density at radius 3 is 2.52 bits per heavy atom. The van der Waals surface area contributed by atoms with Crippen molar-refractivity contribution in [3.8, 4) is 12.3 Å². The van der Waals surface area contributed by atoms with Gasteiger partial charge in [-0.15, -0.1) is 17.4 Å². The monoisotopic (exact) mass is 415 g/mol. The van der Waals surface area contributed by atoms with Crippen LogP contribution in [0.1, 0.15) is 29.8 Å². The number of hydrogen-bond donors (Lipinski definition) is 3. The number of hydrogen-bond acceptors (Lipinski definition) is 7. The lowest BCUT2D eigenvalue weighted by molar-refractivity contribution is -0.192. The molecule has 0 bridgehead atoms. The first-order chi connectivity index (χ1) is 13.6. The number of alkyl halides is 3. The number of rotatable bonds is 8. The molecule has 1 fully saturated rings. The molecule has 0 unspecified atom stereocenters. The quantitative estimate of drug-likeness (QED) is 0.539. The first-order valence-corrected chi connectivity index (χ1v) is 8.72. The fourth-order valence-corrected chi connectivity index (χ4v) is 2.37. The van der Waals surface area contributed by atoms with E-state index in [2.05, 4.69) is 37.1 Å². The van der Waals surface area contributed by atoms with Gasteiger partial charge < -0.3 is 15.7 Å². The number of carboxylic acid groups (broad SMARTS) is 1.